The fourth-order valence-electron chi connectivity index (χ4n) is 10.4. The Morgan fingerprint density at radius 2 is 0.565 bits per heavy atom. The van der Waals surface area contributed by atoms with Gasteiger partial charge in [-0.2, -0.15) is 0 Å². The fourth-order valence-corrected chi connectivity index (χ4v) is 10.4. The van der Waals surface area contributed by atoms with E-state index in [2.05, 4.69) is 237 Å². The summed E-state index contributed by atoms with van der Waals surface area (Å²) in [5.74, 6) is 0.00343. The molecule has 2 heterocycles. The zero-order valence-electron chi connectivity index (χ0n) is 37.7. The van der Waals surface area contributed by atoms with Crippen LogP contribution < -0.4 is 0 Å². The fraction of sp³-hybridized carbons (Fsp3) is 0.0149. The lowest BCUT2D eigenvalue weighted by Crippen LogP contribution is -2.04. The van der Waals surface area contributed by atoms with Gasteiger partial charge < -0.3 is 8.83 Å². The van der Waals surface area contributed by atoms with E-state index in [-0.39, 0.29) is 5.92 Å². The first-order chi connectivity index (χ1) is 34.2. The molecule has 0 radical (unpaired) electrons. The third-order valence-electron chi connectivity index (χ3n) is 13.9. The first-order valence-electron chi connectivity index (χ1n) is 23.7. The minimum atomic E-state index is 0.00343. The number of benzene rings is 11. The standard InChI is InChI=1S/C67H44O2/c1-2-12-44(13-3-1)53-14-8-15-54(42-53)55-16-9-17-56(43-55)65(51-38-30-47(31-39-51)45-26-34-49(35-27-45)57-20-10-22-61-59-18-4-6-24-63(59)68-66(57)61)52-40-32-48(33-41-52)46-28-36-50(37-29-46)58-21-11-23-62-60-19-5-7-25-64(60)69-67(58)62/h1-43,65H. The van der Waals surface area contributed by atoms with E-state index in [1.807, 2.05) is 24.3 Å². The van der Waals surface area contributed by atoms with Gasteiger partial charge >= 0.3 is 0 Å². The Hall–Kier alpha value is -8.98. The van der Waals surface area contributed by atoms with Crippen molar-refractivity contribution in [3.63, 3.8) is 0 Å². The van der Waals surface area contributed by atoms with Crippen molar-refractivity contribution in [3.05, 3.63) is 278 Å². The predicted octanol–water partition coefficient (Wildman–Crippen LogP) is 18.7. The van der Waals surface area contributed by atoms with Crippen LogP contribution in [0.3, 0.4) is 0 Å². The van der Waals surface area contributed by atoms with Crippen LogP contribution >= 0.6 is 0 Å². The summed E-state index contributed by atoms with van der Waals surface area (Å²) in [7, 11) is 0. The van der Waals surface area contributed by atoms with E-state index in [0.717, 1.165) is 66.1 Å². The lowest BCUT2D eigenvalue weighted by atomic mass is 9.83. The van der Waals surface area contributed by atoms with E-state index in [1.54, 1.807) is 0 Å². The molecule has 0 aliphatic carbocycles. The summed E-state index contributed by atoms with van der Waals surface area (Å²) >= 11 is 0. The second-order valence-electron chi connectivity index (χ2n) is 18.0. The molecule has 324 valence electrons. The minimum absolute atomic E-state index is 0.00343. The average molecular weight is 881 g/mol. The molecule has 0 aliphatic rings. The lowest BCUT2D eigenvalue weighted by molar-refractivity contribution is 0.669. The summed E-state index contributed by atoms with van der Waals surface area (Å²) in [6.45, 7) is 0. The van der Waals surface area contributed by atoms with Crippen molar-refractivity contribution in [2.75, 3.05) is 0 Å². The Bertz CT molecular complexity index is 3770. The molecule has 0 amide bonds. The van der Waals surface area contributed by atoms with Crippen molar-refractivity contribution >= 4 is 43.9 Å². The third-order valence-corrected chi connectivity index (χ3v) is 13.9. The van der Waals surface area contributed by atoms with E-state index in [9.17, 15) is 0 Å². The minimum Gasteiger partial charge on any atom is -0.455 e. The summed E-state index contributed by atoms with van der Waals surface area (Å²) < 4.78 is 12.8. The Balaban J connectivity index is 0.831. The van der Waals surface area contributed by atoms with Crippen LogP contribution in [-0.2, 0) is 0 Å². The Kier molecular flexibility index (Phi) is 9.95. The smallest absolute Gasteiger partial charge is 0.143 e. The van der Waals surface area contributed by atoms with E-state index in [1.165, 1.54) is 61.2 Å². The average Bonchev–Trinajstić information content (AvgIpc) is 4.01. The maximum Gasteiger partial charge on any atom is 0.143 e. The first kappa shape index (κ1) is 40.3. The molecule has 0 atom stereocenters. The molecule has 0 spiro atoms. The molecule has 0 unspecified atom stereocenters. The second kappa shape index (κ2) is 17.0. The second-order valence-corrected chi connectivity index (χ2v) is 18.0. The van der Waals surface area contributed by atoms with Gasteiger partial charge in [0.25, 0.3) is 0 Å². The summed E-state index contributed by atoms with van der Waals surface area (Å²) in [4.78, 5) is 0. The van der Waals surface area contributed by atoms with Crippen LogP contribution in [0.4, 0.5) is 0 Å². The number of furan rings is 2. The van der Waals surface area contributed by atoms with Gasteiger partial charge in [-0.1, -0.05) is 243 Å². The van der Waals surface area contributed by atoms with E-state index in [4.69, 9.17) is 8.83 Å². The largest absolute Gasteiger partial charge is 0.455 e. The molecule has 13 rings (SSSR count). The van der Waals surface area contributed by atoms with Crippen LogP contribution in [0.2, 0.25) is 0 Å². The summed E-state index contributed by atoms with van der Waals surface area (Å²) in [6.07, 6.45) is 0. The van der Waals surface area contributed by atoms with Crippen LogP contribution in [0.15, 0.2) is 270 Å². The van der Waals surface area contributed by atoms with E-state index in [0.29, 0.717) is 0 Å². The molecule has 0 saturated heterocycles. The van der Waals surface area contributed by atoms with E-state index >= 15 is 0 Å². The monoisotopic (exact) mass is 880 g/mol. The lowest BCUT2D eigenvalue weighted by Gasteiger charge is -2.21. The van der Waals surface area contributed by atoms with Crippen molar-refractivity contribution in [3.8, 4) is 66.8 Å². The Morgan fingerprint density at radius 3 is 1.07 bits per heavy atom. The van der Waals surface area contributed by atoms with Crippen molar-refractivity contribution in [2.24, 2.45) is 0 Å². The van der Waals surface area contributed by atoms with Gasteiger partial charge in [0, 0.05) is 38.6 Å². The third kappa shape index (κ3) is 7.40. The van der Waals surface area contributed by atoms with Crippen LogP contribution in [0.1, 0.15) is 22.6 Å². The van der Waals surface area contributed by atoms with Gasteiger partial charge in [-0.3, -0.25) is 0 Å². The van der Waals surface area contributed by atoms with Crippen molar-refractivity contribution in [1.29, 1.82) is 0 Å². The molecule has 0 fully saturated rings. The van der Waals surface area contributed by atoms with Gasteiger partial charge in [0.2, 0.25) is 0 Å². The quantitative estimate of drug-likeness (QED) is 0.135. The van der Waals surface area contributed by atoms with Gasteiger partial charge in [0.05, 0.1) is 0 Å². The van der Waals surface area contributed by atoms with Gasteiger partial charge in [-0.25, -0.2) is 0 Å². The van der Waals surface area contributed by atoms with Gasteiger partial charge in [-0.05, 0) is 90.5 Å². The SMILES string of the molecule is c1ccc(-c2cccc(-c3cccc(C(c4ccc(-c5ccc(-c6cccc7c6oc6ccccc67)cc5)cc4)c4ccc(-c5ccc(-c6cccc7c6oc6ccccc67)cc5)cc4)c3)c2)cc1. The Labute approximate surface area is 401 Å². The molecule has 0 N–H and O–H groups in total. The maximum atomic E-state index is 6.38. The first-order valence-corrected chi connectivity index (χ1v) is 23.7. The molecule has 0 bridgehead atoms. The molecule has 2 heteroatoms. The highest BCUT2D eigenvalue weighted by molar-refractivity contribution is 6.10. The maximum absolute atomic E-state index is 6.38. The number of rotatable bonds is 9. The molecule has 2 aromatic heterocycles. The molecule has 13 aromatic rings. The summed E-state index contributed by atoms with van der Waals surface area (Å²) in [5, 5.41) is 4.56. The van der Waals surface area contributed by atoms with Crippen LogP contribution in [0.5, 0.6) is 0 Å². The van der Waals surface area contributed by atoms with Crippen LogP contribution in [0.25, 0.3) is 111 Å². The van der Waals surface area contributed by atoms with Gasteiger partial charge in [-0.15, -0.1) is 0 Å². The van der Waals surface area contributed by atoms with Crippen molar-refractivity contribution in [1.82, 2.24) is 0 Å². The molecule has 69 heavy (non-hydrogen) atoms. The number of para-hydroxylation sites is 4. The van der Waals surface area contributed by atoms with Crippen molar-refractivity contribution < 1.29 is 8.83 Å². The zero-order valence-corrected chi connectivity index (χ0v) is 37.7. The molecule has 11 aromatic carbocycles. The van der Waals surface area contributed by atoms with Crippen LogP contribution in [-0.4, -0.2) is 0 Å². The molecular weight excluding hydrogens is 837 g/mol. The normalized spacial score (nSPS) is 11.6. The van der Waals surface area contributed by atoms with Gasteiger partial charge in [0.1, 0.15) is 22.3 Å². The number of hydrogen-bond acceptors (Lipinski definition) is 2. The molecule has 0 saturated carbocycles. The molecule has 0 aliphatic heterocycles. The summed E-state index contributed by atoms with van der Waals surface area (Å²) in [6, 6.07) is 94.0. The number of hydrogen-bond donors (Lipinski definition) is 0. The molecular formula is C67H44O2. The highest BCUT2D eigenvalue weighted by Crippen LogP contribution is 2.40. The highest BCUT2D eigenvalue weighted by Gasteiger charge is 2.20. The van der Waals surface area contributed by atoms with Gasteiger partial charge in [0.15, 0.2) is 0 Å². The Morgan fingerprint density at radius 1 is 0.217 bits per heavy atom. The highest BCUT2D eigenvalue weighted by atomic mass is 16.3. The van der Waals surface area contributed by atoms with Crippen LogP contribution in [0, 0.1) is 0 Å². The molecule has 2 nitrogen and oxygen atoms in total. The van der Waals surface area contributed by atoms with Crippen molar-refractivity contribution in [2.45, 2.75) is 5.92 Å². The zero-order chi connectivity index (χ0) is 45.7. The summed E-state index contributed by atoms with van der Waals surface area (Å²) in [5.41, 5.74) is 21.4. The topological polar surface area (TPSA) is 26.3 Å². The van der Waals surface area contributed by atoms with E-state index < -0.39 is 0 Å². The predicted molar refractivity (Wildman–Crippen MR) is 287 cm³/mol. The number of fused-ring (bicyclic) bond motifs is 6.